The summed E-state index contributed by atoms with van der Waals surface area (Å²) in [7, 11) is 0. The molecule has 0 bridgehead atoms. The van der Waals surface area contributed by atoms with Crippen LogP contribution in [0.25, 0.3) is 0 Å². The number of rotatable bonds is 0. The molecule has 1 saturated heterocycles. The van der Waals surface area contributed by atoms with Gasteiger partial charge in [0.15, 0.2) is 0 Å². The second-order valence-corrected chi connectivity index (χ2v) is 1.28. The summed E-state index contributed by atoms with van der Waals surface area (Å²) in [4.78, 5) is 0. The minimum atomic E-state index is 0. The molecule has 0 aromatic carbocycles. The molecule has 0 spiro atoms. The maximum atomic E-state index is 3.17. The molecule has 0 aliphatic carbocycles. The van der Waals surface area contributed by atoms with Crippen molar-refractivity contribution >= 4 is 0 Å². The largest absolute Gasteiger partial charge is 0.349 e. The van der Waals surface area contributed by atoms with Gasteiger partial charge in [-0.1, -0.05) is 13.8 Å². The molecule has 1 rings (SSSR count). The van der Waals surface area contributed by atoms with Crippen LogP contribution in [0.1, 0.15) is 20.3 Å². The minimum absolute atomic E-state index is 0. The molecule has 0 unspecified atom stereocenters. The molecular formula is C6H14NRe2-. The van der Waals surface area contributed by atoms with E-state index in [1.807, 2.05) is 13.8 Å². The van der Waals surface area contributed by atoms with Gasteiger partial charge in [0, 0.05) is 40.8 Å². The molecule has 58 valence electrons. The summed E-state index contributed by atoms with van der Waals surface area (Å²) in [6.07, 6.45) is 3.51. The molecule has 9 heavy (non-hydrogen) atoms. The minimum Gasteiger partial charge on any atom is -0.349 e. The molecule has 0 aromatic rings. The standard InChI is InChI=1S/C4H8N.C2H6.2Re/c1-2-4-5-3-1;1-2;;/h1,5H,2-4H2;1-2H3;;/q-1;;;. The molecule has 0 atom stereocenters. The van der Waals surface area contributed by atoms with Crippen molar-refractivity contribution in [1.82, 2.24) is 5.32 Å². The van der Waals surface area contributed by atoms with E-state index in [0.717, 1.165) is 6.54 Å². The Bertz CT molecular complexity index is 22.6. The molecule has 1 N–H and O–H groups in total. The summed E-state index contributed by atoms with van der Waals surface area (Å²) in [5, 5.41) is 3.17. The van der Waals surface area contributed by atoms with E-state index < -0.39 is 0 Å². The Hall–Kier alpha value is 1.28. The average Bonchev–Trinajstić information content (AvgIpc) is 2.23. The van der Waals surface area contributed by atoms with Crippen molar-refractivity contribution in [1.29, 1.82) is 0 Å². The van der Waals surface area contributed by atoms with E-state index in [1.165, 1.54) is 13.0 Å². The van der Waals surface area contributed by atoms with Gasteiger partial charge in [0.1, 0.15) is 0 Å². The summed E-state index contributed by atoms with van der Waals surface area (Å²) in [5.74, 6) is 0. The molecule has 1 heterocycles. The summed E-state index contributed by atoms with van der Waals surface area (Å²) in [5.41, 5.74) is 0. The van der Waals surface area contributed by atoms with Crippen LogP contribution >= 0.6 is 0 Å². The Kier molecular flexibility index (Phi) is 30.0. The summed E-state index contributed by atoms with van der Waals surface area (Å²) >= 11 is 0. The summed E-state index contributed by atoms with van der Waals surface area (Å²) < 4.78 is 0. The zero-order valence-electron chi connectivity index (χ0n) is 5.95. The van der Waals surface area contributed by atoms with Gasteiger partial charge in [0.2, 0.25) is 0 Å². The van der Waals surface area contributed by atoms with E-state index in [0.29, 0.717) is 0 Å². The van der Waals surface area contributed by atoms with E-state index in [9.17, 15) is 0 Å². The number of hydrogen-bond donors (Lipinski definition) is 1. The van der Waals surface area contributed by atoms with Crippen LogP contribution in [0.15, 0.2) is 0 Å². The molecule has 2 radical (unpaired) electrons. The van der Waals surface area contributed by atoms with Gasteiger partial charge in [-0.25, -0.2) is 0 Å². The van der Waals surface area contributed by atoms with Gasteiger partial charge in [0.05, 0.1) is 0 Å². The second kappa shape index (κ2) is 16.1. The van der Waals surface area contributed by atoms with Crippen molar-refractivity contribution in [2.75, 3.05) is 13.1 Å². The Morgan fingerprint density at radius 3 is 1.89 bits per heavy atom. The fraction of sp³-hybridized carbons (Fsp3) is 0.833. The van der Waals surface area contributed by atoms with Gasteiger partial charge in [0.25, 0.3) is 0 Å². The van der Waals surface area contributed by atoms with Crippen molar-refractivity contribution < 1.29 is 40.8 Å². The van der Waals surface area contributed by atoms with Gasteiger partial charge in [-0.2, -0.15) is 6.42 Å². The smallest absolute Gasteiger partial charge is 0 e. The van der Waals surface area contributed by atoms with Gasteiger partial charge < -0.3 is 11.7 Å². The van der Waals surface area contributed by atoms with Crippen LogP contribution < -0.4 is 5.32 Å². The molecule has 1 nitrogen and oxygen atoms in total. The normalized spacial score (nSPS) is 14.0. The van der Waals surface area contributed by atoms with Crippen molar-refractivity contribution in [3.8, 4) is 0 Å². The van der Waals surface area contributed by atoms with Crippen LogP contribution in [0.2, 0.25) is 0 Å². The van der Waals surface area contributed by atoms with Gasteiger partial charge in [-0.15, -0.1) is 6.54 Å². The average molecular weight is 473 g/mol. The van der Waals surface area contributed by atoms with Crippen LogP contribution in [0.4, 0.5) is 0 Å². The Morgan fingerprint density at radius 1 is 1.22 bits per heavy atom. The molecule has 1 aliphatic rings. The summed E-state index contributed by atoms with van der Waals surface area (Å²) in [6.45, 7) is 6.32. The van der Waals surface area contributed by atoms with Crippen molar-refractivity contribution in [3.05, 3.63) is 6.42 Å². The van der Waals surface area contributed by atoms with E-state index >= 15 is 0 Å². The van der Waals surface area contributed by atoms with E-state index in [-0.39, 0.29) is 40.8 Å². The molecule has 3 heteroatoms. The Labute approximate surface area is 85.7 Å². The van der Waals surface area contributed by atoms with Crippen molar-refractivity contribution in [3.63, 3.8) is 0 Å². The fourth-order valence-corrected chi connectivity index (χ4v) is 0.510. The molecular weight excluding hydrogens is 458 g/mol. The Morgan fingerprint density at radius 2 is 1.78 bits per heavy atom. The maximum absolute atomic E-state index is 3.17. The third-order valence-corrected chi connectivity index (χ3v) is 0.814. The molecule has 1 fully saturated rings. The molecule has 0 aromatic heterocycles. The van der Waals surface area contributed by atoms with Crippen LogP contribution in [0.5, 0.6) is 0 Å². The topological polar surface area (TPSA) is 12.0 Å². The van der Waals surface area contributed by atoms with E-state index in [1.54, 1.807) is 0 Å². The quantitative estimate of drug-likeness (QED) is 0.523. The second-order valence-electron chi connectivity index (χ2n) is 1.28. The maximum Gasteiger partial charge on any atom is 0 e. The molecule has 0 saturated carbocycles. The zero-order chi connectivity index (χ0) is 5.54. The molecule has 1 aliphatic heterocycles. The summed E-state index contributed by atoms with van der Waals surface area (Å²) in [6, 6.07) is 0. The third-order valence-electron chi connectivity index (χ3n) is 0.814. The van der Waals surface area contributed by atoms with Crippen molar-refractivity contribution in [2.24, 2.45) is 0 Å². The first kappa shape index (κ1) is 16.7. The predicted octanol–water partition coefficient (Wildman–Crippen LogP) is 1.21. The molecule has 0 amide bonds. The monoisotopic (exact) mass is 474 g/mol. The van der Waals surface area contributed by atoms with Crippen LogP contribution in [0, 0.1) is 6.42 Å². The van der Waals surface area contributed by atoms with Crippen LogP contribution in [0.3, 0.4) is 0 Å². The van der Waals surface area contributed by atoms with Gasteiger partial charge >= 0.3 is 0 Å². The van der Waals surface area contributed by atoms with Gasteiger partial charge in [-0.3, -0.25) is 0 Å². The van der Waals surface area contributed by atoms with Gasteiger partial charge in [-0.05, 0) is 6.54 Å². The fourth-order valence-electron chi connectivity index (χ4n) is 0.510. The van der Waals surface area contributed by atoms with Crippen molar-refractivity contribution in [2.45, 2.75) is 20.3 Å². The van der Waals surface area contributed by atoms with Crippen LogP contribution in [-0.2, 0) is 40.8 Å². The van der Waals surface area contributed by atoms with E-state index in [2.05, 4.69) is 11.7 Å². The first-order valence-electron chi connectivity index (χ1n) is 3.02. The third kappa shape index (κ3) is 12.5. The SMILES string of the molecule is CC.[CH-]1CCNC1.[Re].[Re]. The number of hydrogen-bond acceptors (Lipinski definition) is 1. The predicted molar refractivity (Wildman–Crippen MR) is 33.1 cm³/mol. The van der Waals surface area contributed by atoms with Crippen LogP contribution in [-0.4, -0.2) is 13.1 Å². The number of nitrogens with one attached hydrogen (secondary N) is 1. The zero-order valence-corrected chi connectivity index (χ0v) is 11.4. The first-order chi connectivity index (χ1) is 3.50. The Balaban J connectivity index is -0.0000000836. The van der Waals surface area contributed by atoms with E-state index in [4.69, 9.17) is 0 Å². The first-order valence-corrected chi connectivity index (χ1v) is 3.02.